The van der Waals surface area contributed by atoms with Crippen LogP contribution in [-0.4, -0.2) is 36.5 Å². The molecular formula is C17H22N2O2. The number of aryl methyl sites for hydroxylation is 2. The molecule has 4 nitrogen and oxygen atoms in total. The van der Waals surface area contributed by atoms with Gasteiger partial charge in [0, 0.05) is 36.6 Å². The zero-order valence-electron chi connectivity index (χ0n) is 12.9. The summed E-state index contributed by atoms with van der Waals surface area (Å²) in [6, 6.07) is 4.54. The Hall–Kier alpha value is -1.81. The van der Waals surface area contributed by atoms with Crippen molar-refractivity contribution in [1.82, 2.24) is 10.2 Å². The highest BCUT2D eigenvalue weighted by molar-refractivity contribution is 5.88. The first-order valence-corrected chi connectivity index (χ1v) is 7.53. The molecule has 1 N–H and O–H groups in total. The Balaban J connectivity index is 1.81. The monoisotopic (exact) mass is 286 g/mol. The number of carbonyl (C=O) groups excluding carboxylic acids is 1. The molecule has 1 aliphatic heterocycles. The van der Waals surface area contributed by atoms with Gasteiger partial charge in [-0.15, -0.1) is 0 Å². The number of carbonyl (C=O) groups is 1. The van der Waals surface area contributed by atoms with Gasteiger partial charge in [-0.2, -0.15) is 0 Å². The quantitative estimate of drug-likeness (QED) is 0.922. The minimum absolute atomic E-state index is 0.185. The highest BCUT2D eigenvalue weighted by atomic mass is 16.3. The molecule has 2 aromatic rings. The molecule has 1 amide bonds. The van der Waals surface area contributed by atoms with Crippen molar-refractivity contribution in [3.8, 4) is 0 Å². The van der Waals surface area contributed by atoms with Gasteiger partial charge in [0.1, 0.15) is 5.58 Å². The summed E-state index contributed by atoms with van der Waals surface area (Å²) in [5.41, 5.74) is 4.30. The van der Waals surface area contributed by atoms with E-state index in [2.05, 4.69) is 32.2 Å². The second-order valence-electron chi connectivity index (χ2n) is 6.07. The number of rotatable bonds is 2. The Bertz CT molecular complexity index is 675. The number of nitrogens with one attached hydrogen (secondary N) is 1. The lowest BCUT2D eigenvalue weighted by Crippen LogP contribution is -2.51. The minimum atomic E-state index is 0.185. The van der Waals surface area contributed by atoms with E-state index in [9.17, 15) is 4.79 Å². The predicted octanol–water partition coefficient (Wildman–Crippen LogP) is 2.41. The lowest BCUT2D eigenvalue weighted by molar-refractivity contribution is -0.131. The first kappa shape index (κ1) is 14.1. The number of furan rings is 1. The van der Waals surface area contributed by atoms with Crippen LogP contribution in [0.1, 0.15) is 23.6 Å². The smallest absolute Gasteiger partial charge is 0.227 e. The normalized spacial score (nSPS) is 19.2. The van der Waals surface area contributed by atoms with E-state index in [0.717, 1.165) is 36.2 Å². The summed E-state index contributed by atoms with van der Waals surface area (Å²) in [4.78, 5) is 14.4. The van der Waals surface area contributed by atoms with Gasteiger partial charge >= 0.3 is 0 Å². The molecule has 0 aliphatic carbocycles. The highest BCUT2D eigenvalue weighted by Crippen LogP contribution is 2.25. The molecule has 1 atom stereocenters. The third kappa shape index (κ3) is 2.81. The van der Waals surface area contributed by atoms with Crippen molar-refractivity contribution >= 4 is 16.9 Å². The summed E-state index contributed by atoms with van der Waals surface area (Å²) < 4.78 is 5.61. The number of piperazine rings is 1. The van der Waals surface area contributed by atoms with Crippen molar-refractivity contribution in [1.29, 1.82) is 0 Å². The molecule has 0 bridgehead atoms. The molecule has 3 rings (SSSR count). The molecule has 1 aromatic carbocycles. The van der Waals surface area contributed by atoms with Crippen molar-refractivity contribution in [2.24, 2.45) is 0 Å². The molecule has 21 heavy (non-hydrogen) atoms. The minimum Gasteiger partial charge on any atom is -0.464 e. The fraction of sp³-hybridized carbons (Fsp3) is 0.471. The fourth-order valence-electron chi connectivity index (χ4n) is 2.91. The van der Waals surface area contributed by atoms with Crippen molar-refractivity contribution < 1.29 is 9.21 Å². The largest absolute Gasteiger partial charge is 0.464 e. The number of amides is 1. The molecule has 1 saturated heterocycles. The molecule has 1 aromatic heterocycles. The molecule has 2 heterocycles. The van der Waals surface area contributed by atoms with Crippen LogP contribution in [0.5, 0.6) is 0 Å². The molecule has 1 aliphatic rings. The first-order chi connectivity index (χ1) is 10.0. The van der Waals surface area contributed by atoms with Gasteiger partial charge in [0.25, 0.3) is 0 Å². The Morgan fingerprint density at radius 2 is 2.14 bits per heavy atom. The van der Waals surface area contributed by atoms with E-state index in [1.807, 2.05) is 11.0 Å². The van der Waals surface area contributed by atoms with Crippen LogP contribution in [0.4, 0.5) is 0 Å². The lowest BCUT2D eigenvalue weighted by Gasteiger charge is -2.31. The van der Waals surface area contributed by atoms with Gasteiger partial charge in [0.15, 0.2) is 0 Å². The second-order valence-corrected chi connectivity index (χ2v) is 6.07. The SMILES string of the molecule is Cc1cc2occ(CC(=O)N3CCNC(C)C3)c2cc1C. The van der Waals surface area contributed by atoms with Crippen LogP contribution >= 0.6 is 0 Å². The van der Waals surface area contributed by atoms with E-state index in [4.69, 9.17) is 4.42 Å². The maximum atomic E-state index is 12.5. The maximum Gasteiger partial charge on any atom is 0.227 e. The average molecular weight is 286 g/mol. The van der Waals surface area contributed by atoms with Gasteiger partial charge in [-0.3, -0.25) is 4.79 Å². The van der Waals surface area contributed by atoms with Crippen LogP contribution in [0.2, 0.25) is 0 Å². The van der Waals surface area contributed by atoms with Crippen LogP contribution in [0, 0.1) is 13.8 Å². The summed E-state index contributed by atoms with van der Waals surface area (Å²) in [5.74, 6) is 0.185. The lowest BCUT2D eigenvalue weighted by atomic mass is 10.0. The van der Waals surface area contributed by atoms with Gasteiger partial charge in [-0.25, -0.2) is 0 Å². The number of benzene rings is 1. The predicted molar refractivity (Wildman–Crippen MR) is 83.4 cm³/mol. The summed E-state index contributed by atoms with van der Waals surface area (Å²) in [7, 11) is 0. The number of fused-ring (bicyclic) bond motifs is 1. The van der Waals surface area contributed by atoms with Crippen molar-refractivity contribution in [2.45, 2.75) is 33.2 Å². The highest BCUT2D eigenvalue weighted by Gasteiger charge is 2.21. The Labute approximate surface area is 125 Å². The molecule has 0 spiro atoms. The third-order valence-corrected chi connectivity index (χ3v) is 4.33. The Kier molecular flexibility index (Phi) is 3.72. The summed E-state index contributed by atoms with van der Waals surface area (Å²) in [5, 5.41) is 4.42. The molecule has 0 radical (unpaired) electrons. The molecular weight excluding hydrogens is 264 g/mol. The van der Waals surface area contributed by atoms with Gasteiger partial charge in [0.2, 0.25) is 5.91 Å². The van der Waals surface area contributed by atoms with Crippen LogP contribution in [0.15, 0.2) is 22.8 Å². The molecule has 1 fully saturated rings. The summed E-state index contributed by atoms with van der Waals surface area (Å²) in [6.45, 7) is 8.72. The van der Waals surface area contributed by atoms with Crippen molar-refractivity contribution in [3.63, 3.8) is 0 Å². The standard InChI is InChI=1S/C17H22N2O2/c1-11-6-15-14(10-21-16(15)7-12(11)2)8-17(20)19-5-4-18-13(3)9-19/h6-7,10,13,18H,4-5,8-9H2,1-3H3. The van der Waals surface area contributed by atoms with Gasteiger partial charge < -0.3 is 14.6 Å². The van der Waals surface area contributed by atoms with Crippen LogP contribution in [0.3, 0.4) is 0 Å². The van der Waals surface area contributed by atoms with Gasteiger partial charge in [-0.1, -0.05) is 0 Å². The van der Waals surface area contributed by atoms with Crippen LogP contribution in [-0.2, 0) is 11.2 Å². The summed E-state index contributed by atoms with van der Waals surface area (Å²) in [6.07, 6.45) is 2.15. The molecule has 0 saturated carbocycles. The van der Waals surface area contributed by atoms with E-state index in [0.29, 0.717) is 12.5 Å². The molecule has 112 valence electrons. The van der Waals surface area contributed by atoms with Crippen LogP contribution in [0.25, 0.3) is 11.0 Å². The van der Waals surface area contributed by atoms with E-state index in [1.54, 1.807) is 6.26 Å². The Morgan fingerprint density at radius 1 is 1.38 bits per heavy atom. The Morgan fingerprint density at radius 3 is 2.90 bits per heavy atom. The zero-order valence-corrected chi connectivity index (χ0v) is 12.9. The average Bonchev–Trinajstić information content (AvgIpc) is 2.82. The van der Waals surface area contributed by atoms with Crippen molar-refractivity contribution in [2.75, 3.05) is 19.6 Å². The second kappa shape index (κ2) is 5.53. The van der Waals surface area contributed by atoms with E-state index < -0.39 is 0 Å². The van der Waals surface area contributed by atoms with E-state index in [-0.39, 0.29) is 5.91 Å². The van der Waals surface area contributed by atoms with E-state index in [1.165, 1.54) is 11.1 Å². The number of nitrogens with zero attached hydrogens (tertiary/aromatic N) is 1. The van der Waals surface area contributed by atoms with Gasteiger partial charge in [-0.05, 0) is 44.0 Å². The molecule has 4 heteroatoms. The number of hydrogen-bond donors (Lipinski definition) is 1. The maximum absolute atomic E-state index is 12.5. The van der Waals surface area contributed by atoms with Gasteiger partial charge in [0.05, 0.1) is 12.7 Å². The third-order valence-electron chi connectivity index (χ3n) is 4.33. The van der Waals surface area contributed by atoms with Crippen molar-refractivity contribution in [3.05, 3.63) is 35.1 Å². The fourth-order valence-corrected chi connectivity index (χ4v) is 2.91. The topological polar surface area (TPSA) is 45.5 Å². The zero-order chi connectivity index (χ0) is 15.0. The van der Waals surface area contributed by atoms with E-state index >= 15 is 0 Å². The van der Waals surface area contributed by atoms with Crippen LogP contribution < -0.4 is 5.32 Å². The molecule has 1 unspecified atom stereocenters. The summed E-state index contributed by atoms with van der Waals surface area (Å²) >= 11 is 0. The number of hydrogen-bond acceptors (Lipinski definition) is 3. The first-order valence-electron chi connectivity index (χ1n) is 7.53.